The topological polar surface area (TPSA) is 64.6 Å². The molecule has 22 heavy (non-hydrogen) atoms. The van der Waals surface area contributed by atoms with Gasteiger partial charge in [-0.25, -0.2) is 0 Å². The van der Waals surface area contributed by atoms with E-state index in [-0.39, 0.29) is 10.4 Å². The molecule has 1 unspecified atom stereocenters. The van der Waals surface area contributed by atoms with Crippen LogP contribution in [0.25, 0.3) is 0 Å². The number of unbranched alkanes of at least 4 members (excludes halogenated alkanes) is 2. The molecule has 1 amide bonds. The van der Waals surface area contributed by atoms with Crippen LogP contribution < -0.4 is 14.8 Å². The van der Waals surface area contributed by atoms with Crippen molar-refractivity contribution in [1.82, 2.24) is 5.32 Å². The number of thioether (sulfide) groups is 1. The van der Waals surface area contributed by atoms with Crippen LogP contribution in [0.5, 0.6) is 11.5 Å². The van der Waals surface area contributed by atoms with E-state index in [2.05, 4.69) is 12.2 Å². The van der Waals surface area contributed by atoms with Gasteiger partial charge in [-0.2, -0.15) is 0 Å². The standard InChI is InChI=1S/C16H21NO4S/c1-3-5-6-9-21-12-8-7-11(10-13(12)20-4-2)14-15(18)22-16(19)17-14/h7-8,10,14H,3-6,9H2,1-2H3,(H,17,19). The van der Waals surface area contributed by atoms with Gasteiger partial charge in [-0.15, -0.1) is 0 Å². The Hall–Kier alpha value is -1.69. The lowest BCUT2D eigenvalue weighted by molar-refractivity contribution is -0.112. The van der Waals surface area contributed by atoms with Crippen molar-refractivity contribution in [2.45, 2.75) is 39.2 Å². The maximum absolute atomic E-state index is 11.8. The zero-order chi connectivity index (χ0) is 15.9. The molecule has 6 heteroatoms. The number of benzene rings is 1. The predicted octanol–water partition coefficient (Wildman–Crippen LogP) is 3.68. The highest BCUT2D eigenvalue weighted by atomic mass is 32.2. The first-order chi connectivity index (χ1) is 10.7. The number of hydrogen-bond donors (Lipinski definition) is 1. The molecule has 1 fully saturated rings. The second-order valence-electron chi connectivity index (χ2n) is 4.98. The third-order valence-electron chi connectivity index (χ3n) is 3.30. The van der Waals surface area contributed by atoms with E-state index in [4.69, 9.17) is 9.47 Å². The number of rotatable bonds is 8. The maximum Gasteiger partial charge on any atom is 0.287 e. The molecule has 1 aliphatic heterocycles. The molecule has 120 valence electrons. The van der Waals surface area contributed by atoms with E-state index in [9.17, 15) is 9.59 Å². The molecule has 1 atom stereocenters. The second kappa shape index (κ2) is 8.08. The Morgan fingerprint density at radius 1 is 1.14 bits per heavy atom. The summed E-state index contributed by atoms with van der Waals surface area (Å²) in [6.45, 7) is 5.19. The lowest BCUT2D eigenvalue weighted by Gasteiger charge is -2.15. The zero-order valence-corrected chi connectivity index (χ0v) is 13.7. The van der Waals surface area contributed by atoms with E-state index in [1.165, 1.54) is 0 Å². The van der Waals surface area contributed by atoms with Gasteiger partial charge in [0.1, 0.15) is 6.04 Å². The van der Waals surface area contributed by atoms with Gasteiger partial charge >= 0.3 is 0 Å². The fraction of sp³-hybridized carbons (Fsp3) is 0.500. The molecule has 1 N–H and O–H groups in total. The van der Waals surface area contributed by atoms with Crippen molar-refractivity contribution in [3.8, 4) is 11.5 Å². The molecule has 1 aromatic carbocycles. The normalized spacial score (nSPS) is 17.5. The molecular weight excluding hydrogens is 302 g/mol. The van der Waals surface area contributed by atoms with Crippen molar-refractivity contribution in [2.24, 2.45) is 0 Å². The highest BCUT2D eigenvalue weighted by Crippen LogP contribution is 2.34. The van der Waals surface area contributed by atoms with E-state index in [1.807, 2.05) is 6.92 Å². The van der Waals surface area contributed by atoms with Gasteiger partial charge in [0, 0.05) is 11.8 Å². The van der Waals surface area contributed by atoms with Crippen molar-refractivity contribution in [2.75, 3.05) is 13.2 Å². The van der Waals surface area contributed by atoms with E-state index < -0.39 is 6.04 Å². The smallest absolute Gasteiger partial charge is 0.287 e. The average molecular weight is 323 g/mol. The summed E-state index contributed by atoms with van der Waals surface area (Å²) in [6, 6.07) is 4.76. The van der Waals surface area contributed by atoms with Gasteiger partial charge in [-0.3, -0.25) is 9.59 Å². The molecule has 1 aromatic rings. The van der Waals surface area contributed by atoms with Crippen LogP contribution in [0, 0.1) is 0 Å². The number of carbonyl (C=O) groups excluding carboxylic acids is 2. The quantitative estimate of drug-likeness (QED) is 0.739. The van der Waals surface area contributed by atoms with Gasteiger partial charge in [0.2, 0.25) is 5.12 Å². The summed E-state index contributed by atoms with van der Waals surface area (Å²) in [5, 5.41) is 2.14. The first-order valence-corrected chi connectivity index (χ1v) is 8.39. The zero-order valence-electron chi connectivity index (χ0n) is 12.9. The molecular formula is C16H21NO4S. The summed E-state index contributed by atoms with van der Waals surface area (Å²) in [7, 11) is 0. The van der Waals surface area contributed by atoms with Crippen LogP contribution in [0.1, 0.15) is 44.7 Å². The van der Waals surface area contributed by atoms with E-state index in [1.54, 1.807) is 18.2 Å². The van der Waals surface area contributed by atoms with Crippen LogP contribution in [0.2, 0.25) is 0 Å². The minimum atomic E-state index is -0.606. The number of hydrogen-bond acceptors (Lipinski definition) is 5. The molecule has 1 saturated heterocycles. The second-order valence-corrected chi connectivity index (χ2v) is 5.96. The minimum absolute atomic E-state index is 0.191. The Labute approximate surface area is 134 Å². The Morgan fingerprint density at radius 2 is 1.95 bits per heavy atom. The fourth-order valence-electron chi connectivity index (χ4n) is 2.20. The first kappa shape index (κ1) is 16.7. The van der Waals surface area contributed by atoms with Crippen LogP contribution >= 0.6 is 11.8 Å². The minimum Gasteiger partial charge on any atom is -0.490 e. The average Bonchev–Trinajstić information content (AvgIpc) is 2.84. The predicted molar refractivity (Wildman–Crippen MR) is 86.5 cm³/mol. The van der Waals surface area contributed by atoms with Gasteiger partial charge in [0.05, 0.1) is 13.2 Å². The van der Waals surface area contributed by atoms with Gasteiger partial charge in [0.15, 0.2) is 11.5 Å². The number of nitrogens with one attached hydrogen (secondary N) is 1. The maximum atomic E-state index is 11.8. The van der Waals surface area contributed by atoms with Crippen molar-refractivity contribution < 1.29 is 19.1 Å². The van der Waals surface area contributed by atoms with Crippen LogP contribution in [0.15, 0.2) is 18.2 Å². The summed E-state index contributed by atoms with van der Waals surface area (Å²) >= 11 is 0.705. The molecule has 0 bridgehead atoms. The number of amides is 1. The van der Waals surface area contributed by atoms with E-state index in [0.29, 0.717) is 42.0 Å². The van der Waals surface area contributed by atoms with E-state index in [0.717, 1.165) is 19.3 Å². The van der Waals surface area contributed by atoms with Gasteiger partial charge in [-0.1, -0.05) is 25.8 Å². The largest absolute Gasteiger partial charge is 0.490 e. The fourth-order valence-corrected chi connectivity index (χ4v) is 2.87. The molecule has 5 nitrogen and oxygen atoms in total. The van der Waals surface area contributed by atoms with E-state index >= 15 is 0 Å². The molecule has 0 saturated carbocycles. The summed E-state index contributed by atoms with van der Waals surface area (Å²) in [5.41, 5.74) is 0.715. The summed E-state index contributed by atoms with van der Waals surface area (Å²) in [4.78, 5) is 23.1. The molecule has 1 heterocycles. The van der Waals surface area contributed by atoms with Crippen LogP contribution in [0.3, 0.4) is 0 Å². The van der Waals surface area contributed by atoms with Crippen molar-refractivity contribution in [3.63, 3.8) is 0 Å². The monoisotopic (exact) mass is 323 g/mol. The molecule has 0 radical (unpaired) electrons. The Balaban J connectivity index is 2.12. The van der Waals surface area contributed by atoms with Crippen molar-refractivity contribution in [1.29, 1.82) is 0 Å². The summed E-state index contributed by atoms with van der Waals surface area (Å²) in [5.74, 6) is 1.28. The van der Waals surface area contributed by atoms with Gasteiger partial charge in [-0.05, 0) is 31.0 Å². The third-order valence-corrected chi connectivity index (χ3v) is 4.04. The lowest BCUT2D eigenvalue weighted by atomic mass is 10.1. The lowest BCUT2D eigenvalue weighted by Crippen LogP contribution is -2.20. The Morgan fingerprint density at radius 3 is 2.59 bits per heavy atom. The summed E-state index contributed by atoms with van der Waals surface area (Å²) < 4.78 is 11.4. The summed E-state index contributed by atoms with van der Waals surface area (Å²) in [6.07, 6.45) is 3.27. The third kappa shape index (κ3) is 4.16. The SMILES string of the molecule is CCCCCOc1ccc(C2NC(=O)SC2=O)cc1OCC. The van der Waals surface area contributed by atoms with Crippen molar-refractivity contribution in [3.05, 3.63) is 23.8 Å². The number of carbonyl (C=O) groups is 2. The van der Waals surface area contributed by atoms with Crippen molar-refractivity contribution >= 4 is 22.1 Å². The molecule has 1 aliphatic rings. The highest BCUT2D eigenvalue weighted by molar-refractivity contribution is 8.26. The number of ether oxygens (including phenoxy) is 2. The molecule has 0 aromatic heterocycles. The highest BCUT2D eigenvalue weighted by Gasteiger charge is 2.33. The van der Waals surface area contributed by atoms with Crippen LogP contribution in [0.4, 0.5) is 4.79 Å². The van der Waals surface area contributed by atoms with Gasteiger partial charge < -0.3 is 14.8 Å². The molecule has 0 spiro atoms. The van der Waals surface area contributed by atoms with Crippen LogP contribution in [-0.2, 0) is 4.79 Å². The molecule has 0 aliphatic carbocycles. The van der Waals surface area contributed by atoms with Gasteiger partial charge in [0.25, 0.3) is 5.24 Å². The first-order valence-electron chi connectivity index (χ1n) is 7.57. The Kier molecular flexibility index (Phi) is 6.12. The van der Waals surface area contributed by atoms with Crippen LogP contribution in [-0.4, -0.2) is 23.6 Å². The molecule has 2 rings (SSSR count). The Bertz CT molecular complexity index is 547.